The fourth-order valence-corrected chi connectivity index (χ4v) is 2.08. The van der Waals surface area contributed by atoms with E-state index < -0.39 is 0 Å². The lowest BCUT2D eigenvalue weighted by molar-refractivity contribution is 0.0725. The topological polar surface area (TPSA) is 58.2 Å². The summed E-state index contributed by atoms with van der Waals surface area (Å²) in [5.74, 6) is 0.475. The summed E-state index contributed by atoms with van der Waals surface area (Å²) in [6.45, 7) is 6.95. The van der Waals surface area contributed by atoms with Crippen LogP contribution in [-0.4, -0.2) is 47.3 Å². The molecule has 1 fully saturated rings. The molecule has 1 aliphatic heterocycles. The molecule has 0 radical (unpaired) electrons. The number of hydrogen-bond acceptors (Lipinski definition) is 3. The number of nitrogens with one attached hydrogen (secondary N) is 1. The summed E-state index contributed by atoms with van der Waals surface area (Å²) in [6, 6.07) is 1.79. The first-order valence-corrected chi connectivity index (χ1v) is 6.09. The van der Waals surface area contributed by atoms with Crippen molar-refractivity contribution < 1.29 is 9.53 Å². The van der Waals surface area contributed by atoms with Crippen molar-refractivity contribution in [3.05, 3.63) is 17.5 Å². The second kappa shape index (κ2) is 5.31. The van der Waals surface area contributed by atoms with E-state index in [-0.39, 0.29) is 5.91 Å². The van der Waals surface area contributed by atoms with E-state index in [2.05, 4.69) is 10.2 Å². The number of H-pyrrole nitrogens is 1. The van der Waals surface area contributed by atoms with Crippen LogP contribution >= 0.6 is 0 Å². The lowest BCUT2D eigenvalue weighted by Gasteiger charge is -2.22. The molecule has 5 heteroatoms. The standard InChI is InChI=1S/C12H19N3O2/c1-3-15(7-10-4-5-17-8-10)12(16)11-6-9(2)13-14-11/h6,10H,3-5,7-8H2,1-2H3,(H,13,14). The van der Waals surface area contributed by atoms with Crippen LogP contribution in [0.4, 0.5) is 0 Å². The Morgan fingerprint density at radius 1 is 1.71 bits per heavy atom. The Bertz CT molecular complexity index is 383. The number of ether oxygens (including phenoxy) is 1. The summed E-state index contributed by atoms with van der Waals surface area (Å²) in [7, 11) is 0. The third-order valence-corrected chi connectivity index (χ3v) is 3.10. The van der Waals surface area contributed by atoms with Crippen molar-refractivity contribution in [2.24, 2.45) is 5.92 Å². The minimum absolute atomic E-state index is 0.00347. The van der Waals surface area contributed by atoms with E-state index in [1.165, 1.54) is 0 Å². The van der Waals surface area contributed by atoms with Crippen LogP contribution in [0.1, 0.15) is 29.5 Å². The minimum atomic E-state index is 0.00347. The van der Waals surface area contributed by atoms with Crippen molar-refractivity contribution in [2.75, 3.05) is 26.3 Å². The van der Waals surface area contributed by atoms with Gasteiger partial charge < -0.3 is 9.64 Å². The molecule has 0 aliphatic carbocycles. The lowest BCUT2D eigenvalue weighted by atomic mass is 10.1. The van der Waals surface area contributed by atoms with Gasteiger partial charge in [0.15, 0.2) is 0 Å². The van der Waals surface area contributed by atoms with Gasteiger partial charge in [-0.2, -0.15) is 5.10 Å². The molecule has 0 spiro atoms. The van der Waals surface area contributed by atoms with E-state index >= 15 is 0 Å². The number of carbonyl (C=O) groups is 1. The zero-order chi connectivity index (χ0) is 12.3. The van der Waals surface area contributed by atoms with Gasteiger partial charge in [-0.3, -0.25) is 9.89 Å². The Labute approximate surface area is 101 Å². The molecule has 1 atom stereocenters. The van der Waals surface area contributed by atoms with Gasteiger partial charge in [-0.15, -0.1) is 0 Å². The first-order chi connectivity index (χ1) is 8.20. The zero-order valence-electron chi connectivity index (χ0n) is 10.4. The van der Waals surface area contributed by atoms with Crippen LogP contribution in [0.3, 0.4) is 0 Å². The van der Waals surface area contributed by atoms with E-state index in [9.17, 15) is 4.79 Å². The van der Waals surface area contributed by atoms with Crippen molar-refractivity contribution in [1.82, 2.24) is 15.1 Å². The molecule has 1 N–H and O–H groups in total. The molecule has 1 saturated heterocycles. The average molecular weight is 237 g/mol. The smallest absolute Gasteiger partial charge is 0.274 e. The Morgan fingerprint density at radius 3 is 3.06 bits per heavy atom. The molecule has 17 heavy (non-hydrogen) atoms. The van der Waals surface area contributed by atoms with Crippen LogP contribution in [-0.2, 0) is 4.74 Å². The maximum absolute atomic E-state index is 12.2. The molecule has 1 aliphatic rings. The summed E-state index contributed by atoms with van der Waals surface area (Å²) < 4.78 is 5.33. The predicted molar refractivity (Wildman–Crippen MR) is 63.8 cm³/mol. The van der Waals surface area contributed by atoms with Gasteiger partial charge in [0.1, 0.15) is 5.69 Å². The number of nitrogens with zero attached hydrogens (tertiary/aromatic N) is 2. The molecule has 2 rings (SSSR count). The molecule has 0 saturated carbocycles. The average Bonchev–Trinajstić information content (AvgIpc) is 2.96. The van der Waals surface area contributed by atoms with Crippen molar-refractivity contribution >= 4 is 5.91 Å². The first-order valence-electron chi connectivity index (χ1n) is 6.09. The van der Waals surface area contributed by atoms with Gasteiger partial charge in [0.25, 0.3) is 5.91 Å². The third kappa shape index (κ3) is 2.85. The molecule has 1 unspecified atom stereocenters. The highest BCUT2D eigenvalue weighted by molar-refractivity contribution is 5.92. The highest BCUT2D eigenvalue weighted by Crippen LogP contribution is 2.15. The van der Waals surface area contributed by atoms with Gasteiger partial charge in [-0.05, 0) is 26.3 Å². The largest absolute Gasteiger partial charge is 0.381 e. The summed E-state index contributed by atoms with van der Waals surface area (Å²) in [6.07, 6.45) is 1.05. The molecule has 94 valence electrons. The number of amides is 1. The van der Waals surface area contributed by atoms with Gasteiger partial charge in [0.2, 0.25) is 0 Å². The summed E-state index contributed by atoms with van der Waals surface area (Å²) in [5.41, 5.74) is 1.41. The number of aromatic amines is 1. The van der Waals surface area contributed by atoms with Gasteiger partial charge in [0, 0.05) is 31.3 Å². The second-order valence-corrected chi connectivity index (χ2v) is 4.51. The highest BCUT2D eigenvalue weighted by atomic mass is 16.5. The molecular weight excluding hydrogens is 218 g/mol. The Kier molecular flexibility index (Phi) is 3.78. The lowest BCUT2D eigenvalue weighted by Crippen LogP contribution is -2.35. The van der Waals surface area contributed by atoms with Crippen LogP contribution in [0.2, 0.25) is 0 Å². The monoisotopic (exact) mass is 237 g/mol. The normalized spacial score (nSPS) is 19.5. The van der Waals surface area contributed by atoms with Crippen molar-refractivity contribution in [3.63, 3.8) is 0 Å². The maximum atomic E-state index is 12.2. The number of rotatable bonds is 4. The predicted octanol–water partition coefficient (Wildman–Crippen LogP) is 1.22. The number of aromatic nitrogens is 2. The molecule has 1 aromatic heterocycles. The molecule has 1 aromatic rings. The van der Waals surface area contributed by atoms with Crippen LogP contribution in [0, 0.1) is 12.8 Å². The Balaban J connectivity index is 1.99. The minimum Gasteiger partial charge on any atom is -0.381 e. The van der Waals surface area contributed by atoms with E-state index in [0.717, 1.165) is 31.9 Å². The van der Waals surface area contributed by atoms with E-state index in [0.29, 0.717) is 18.2 Å². The van der Waals surface area contributed by atoms with Crippen LogP contribution in [0.5, 0.6) is 0 Å². The fourth-order valence-electron chi connectivity index (χ4n) is 2.08. The third-order valence-electron chi connectivity index (χ3n) is 3.10. The van der Waals surface area contributed by atoms with E-state index in [4.69, 9.17) is 4.74 Å². The molecule has 2 heterocycles. The first kappa shape index (κ1) is 12.1. The van der Waals surface area contributed by atoms with Crippen LogP contribution < -0.4 is 0 Å². The highest BCUT2D eigenvalue weighted by Gasteiger charge is 2.23. The summed E-state index contributed by atoms with van der Waals surface area (Å²) in [5, 5.41) is 6.81. The van der Waals surface area contributed by atoms with E-state index in [1.54, 1.807) is 6.07 Å². The van der Waals surface area contributed by atoms with Crippen molar-refractivity contribution in [2.45, 2.75) is 20.3 Å². The number of aryl methyl sites for hydroxylation is 1. The van der Waals surface area contributed by atoms with Crippen LogP contribution in [0.15, 0.2) is 6.07 Å². The Morgan fingerprint density at radius 2 is 2.53 bits per heavy atom. The summed E-state index contributed by atoms with van der Waals surface area (Å²) in [4.78, 5) is 14.0. The molecule has 0 aromatic carbocycles. The fraction of sp³-hybridized carbons (Fsp3) is 0.667. The van der Waals surface area contributed by atoms with Gasteiger partial charge in [-0.1, -0.05) is 0 Å². The zero-order valence-corrected chi connectivity index (χ0v) is 10.4. The quantitative estimate of drug-likeness (QED) is 0.856. The molecule has 0 bridgehead atoms. The van der Waals surface area contributed by atoms with Crippen molar-refractivity contribution in [1.29, 1.82) is 0 Å². The summed E-state index contributed by atoms with van der Waals surface area (Å²) >= 11 is 0. The van der Waals surface area contributed by atoms with Gasteiger partial charge in [0.05, 0.1) is 6.61 Å². The molecule has 1 amide bonds. The second-order valence-electron chi connectivity index (χ2n) is 4.51. The Hall–Kier alpha value is -1.36. The number of carbonyl (C=O) groups excluding carboxylic acids is 1. The van der Waals surface area contributed by atoms with E-state index in [1.807, 2.05) is 18.7 Å². The van der Waals surface area contributed by atoms with Gasteiger partial charge in [-0.25, -0.2) is 0 Å². The molecular formula is C12H19N3O2. The molecule has 5 nitrogen and oxygen atoms in total. The van der Waals surface area contributed by atoms with Crippen LogP contribution in [0.25, 0.3) is 0 Å². The van der Waals surface area contributed by atoms with Crippen molar-refractivity contribution in [3.8, 4) is 0 Å². The van der Waals surface area contributed by atoms with Gasteiger partial charge >= 0.3 is 0 Å². The SMILES string of the molecule is CCN(CC1CCOC1)C(=O)c1cc(C)[nH]n1. The number of hydrogen-bond donors (Lipinski definition) is 1. The maximum Gasteiger partial charge on any atom is 0.274 e.